The number of thioether (sulfide) groups is 1. The molecule has 8 nitrogen and oxygen atoms in total. The smallest absolute Gasteiger partial charge is 0.294 e. The summed E-state index contributed by atoms with van der Waals surface area (Å²) >= 11 is 4.09. The lowest BCUT2D eigenvalue weighted by Gasteiger charge is -2.13. The topological polar surface area (TPSA) is 109 Å². The van der Waals surface area contributed by atoms with Gasteiger partial charge in [0.2, 0.25) is 5.91 Å². The quantitative estimate of drug-likeness (QED) is 0.518. The maximum atomic E-state index is 12.7. The van der Waals surface area contributed by atoms with Crippen LogP contribution in [0.1, 0.15) is 12.5 Å². The summed E-state index contributed by atoms with van der Waals surface area (Å²) in [6.07, 6.45) is 1.55. The van der Waals surface area contributed by atoms with Crippen LogP contribution in [0.4, 0.5) is 10.5 Å². The van der Waals surface area contributed by atoms with Crippen molar-refractivity contribution in [3.05, 3.63) is 57.4 Å². The molecule has 0 atom stereocenters. The number of carbonyl (C=O) groups is 3. The first-order chi connectivity index (χ1) is 15.4. The zero-order valence-corrected chi connectivity index (χ0v) is 19.4. The fourth-order valence-corrected chi connectivity index (χ4v) is 4.02. The highest BCUT2D eigenvalue weighted by Gasteiger charge is 2.36. The van der Waals surface area contributed by atoms with E-state index < -0.39 is 23.6 Å². The standard InChI is InChI=1S/C22H18BrN3O5S/c1-2-30-18-11-14(7-8-17(18)31-10-9-24)12-19-21(28)26(22(29)32-19)13-20(27)25-16-6-4-3-5-15(16)23/h3-8,11-12H,2,10,13H2,1H3,(H,25,27)/b19-12-. The Hall–Kier alpha value is -3.29. The van der Waals surface area contributed by atoms with E-state index in [9.17, 15) is 14.4 Å². The number of carbonyl (C=O) groups excluding carboxylic acids is 3. The maximum Gasteiger partial charge on any atom is 0.294 e. The fraction of sp³-hybridized carbons (Fsp3) is 0.182. The molecular formula is C22H18BrN3O5S. The van der Waals surface area contributed by atoms with Crippen molar-refractivity contribution in [2.24, 2.45) is 0 Å². The van der Waals surface area contributed by atoms with E-state index in [2.05, 4.69) is 21.2 Å². The lowest BCUT2D eigenvalue weighted by atomic mass is 10.2. The lowest BCUT2D eigenvalue weighted by Crippen LogP contribution is -2.36. The van der Waals surface area contributed by atoms with Crippen molar-refractivity contribution >= 4 is 56.5 Å². The van der Waals surface area contributed by atoms with E-state index in [4.69, 9.17) is 14.7 Å². The average Bonchev–Trinajstić information content (AvgIpc) is 3.02. The van der Waals surface area contributed by atoms with Gasteiger partial charge < -0.3 is 14.8 Å². The van der Waals surface area contributed by atoms with E-state index in [0.717, 1.165) is 16.7 Å². The number of benzene rings is 2. The first kappa shape index (κ1) is 23.4. The largest absolute Gasteiger partial charge is 0.490 e. The molecule has 10 heteroatoms. The van der Waals surface area contributed by atoms with Crippen LogP contribution in [0.3, 0.4) is 0 Å². The summed E-state index contributed by atoms with van der Waals surface area (Å²) in [6.45, 7) is 1.68. The van der Waals surface area contributed by atoms with Gasteiger partial charge in [-0.3, -0.25) is 19.3 Å². The number of nitrogens with one attached hydrogen (secondary N) is 1. The van der Waals surface area contributed by atoms with Crippen molar-refractivity contribution in [1.29, 1.82) is 5.26 Å². The molecule has 164 valence electrons. The molecule has 0 spiro atoms. The van der Waals surface area contributed by atoms with Crippen LogP contribution in [0.2, 0.25) is 0 Å². The Morgan fingerprint density at radius 1 is 1.22 bits per heavy atom. The second kappa shape index (κ2) is 10.8. The molecule has 3 rings (SSSR count). The highest BCUT2D eigenvalue weighted by atomic mass is 79.9. The molecule has 3 amide bonds. The van der Waals surface area contributed by atoms with Crippen LogP contribution < -0.4 is 14.8 Å². The third-order valence-corrected chi connectivity index (χ3v) is 5.78. The monoisotopic (exact) mass is 515 g/mol. The molecule has 1 aliphatic heterocycles. The van der Waals surface area contributed by atoms with Crippen molar-refractivity contribution in [2.45, 2.75) is 6.92 Å². The van der Waals surface area contributed by atoms with Gasteiger partial charge in [0, 0.05) is 4.47 Å². The summed E-state index contributed by atoms with van der Waals surface area (Å²) in [6, 6.07) is 13.9. The number of nitrogens with zero attached hydrogens (tertiary/aromatic N) is 2. The Morgan fingerprint density at radius 2 is 2.00 bits per heavy atom. The number of hydrogen-bond donors (Lipinski definition) is 1. The summed E-state index contributed by atoms with van der Waals surface area (Å²) in [5, 5.41) is 10.8. The van der Waals surface area contributed by atoms with E-state index >= 15 is 0 Å². The zero-order valence-electron chi connectivity index (χ0n) is 17.0. The molecule has 1 N–H and O–H groups in total. The fourth-order valence-electron chi connectivity index (χ4n) is 2.80. The van der Waals surface area contributed by atoms with Crippen LogP contribution in [-0.4, -0.2) is 41.7 Å². The molecule has 2 aromatic carbocycles. The highest BCUT2D eigenvalue weighted by Crippen LogP contribution is 2.34. The third-order valence-electron chi connectivity index (χ3n) is 4.18. The Morgan fingerprint density at radius 3 is 2.72 bits per heavy atom. The molecule has 1 aliphatic rings. The third kappa shape index (κ3) is 5.69. The Balaban J connectivity index is 1.73. The van der Waals surface area contributed by atoms with E-state index in [0.29, 0.717) is 33.8 Å². The molecule has 0 radical (unpaired) electrons. The molecule has 0 saturated carbocycles. The predicted molar refractivity (Wildman–Crippen MR) is 124 cm³/mol. The number of rotatable bonds is 8. The van der Waals surface area contributed by atoms with Gasteiger partial charge in [-0.1, -0.05) is 18.2 Å². The predicted octanol–water partition coefficient (Wildman–Crippen LogP) is 4.43. The van der Waals surface area contributed by atoms with Gasteiger partial charge in [-0.15, -0.1) is 0 Å². The molecule has 32 heavy (non-hydrogen) atoms. The first-order valence-electron chi connectivity index (χ1n) is 9.49. The van der Waals surface area contributed by atoms with Crippen molar-refractivity contribution in [1.82, 2.24) is 4.90 Å². The minimum absolute atomic E-state index is 0.125. The van der Waals surface area contributed by atoms with Crippen LogP contribution >= 0.6 is 27.7 Å². The number of para-hydroxylation sites is 1. The summed E-state index contributed by atoms with van der Waals surface area (Å²) < 4.78 is 11.6. The van der Waals surface area contributed by atoms with E-state index in [-0.39, 0.29) is 11.5 Å². The number of halogens is 1. The highest BCUT2D eigenvalue weighted by molar-refractivity contribution is 9.10. The van der Waals surface area contributed by atoms with Crippen LogP contribution in [0.25, 0.3) is 6.08 Å². The van der Waals surface area contributed by atoms with Gasteiger partial charge in [0.25, 0.3) is 11.1 Å². The van der Waals surface area contributed by atoms with Crippen molar-refractivity contribution < 1.29 is 23.9 Å². The second-order valence-electron chi connectivity index (χ2n) is 6.38. The lowest BCUT2D eigenvalue weighted by molar-refractivity contribution is -0.127. The van der Waals surface area contributed by atoms with E-state index in [1.807, 2.05) is 13.0 Å². The van der Waals surface area contributed by atoms with Crippen LogP contribution in [0, 0.1) is 11.3 Å². The van der Waals surface area contributed by atoms with Gasteiger partial charge in [0.15, 0.2) is 18.1 Å². The molecular weight excluding hydrogens is 498 g/mol. The van der Waals surface area contributed by atoms with Crippen LogP contribution in [-0.2, 0) is 9.59 Å². The van der Waals surface area contributed by atoms with Crippen molar-refractivity contribution in [3.8, 4) is 17.6 Å². The molecule has 0 bridgehead atoms. The van der Waals surface area contributed by atoms with Crippen LogP contribution in [0.5, 0.6) is 11.5 Å². The molecule has 0 aliphatic carbocycles. The second-order valence-corrected chi connectivity index (χ2v) is 8.23. The summed E-state index contributed by atoms with van der Waals surface area (Å²) in [4.78, 5) is 38.5. The van der Waals surface area contributed by atoms with Gasteiger partial charge in [-0.2, -0.15) is 5.26 Å². The van der Waals surface area contributed by atoms with E-state index in [1.165, 1.54) is 0 Å². The molecule has 1 heterocycles. The van der Waals surface area contributed by atoms with Gasteiger partial charge in [-0.25, -0.2) is 0 Å². The number of anilines is 1. The van der Waals surface area contributed by atoms with Gasteiger partial charge >= 0.3 is 0 Å². The molecule has 1 saturated heterocycles. The molecule has 1 fully saturated rings. The summed E-state index contributed by atoms with van der Waals surface area (Å²) in [5.74, 6) is -0.214. The molecule has 0 aromatic heterocycles. The average molecular weight is 516 g/mol. The maximum absolute atomic E-state index is 12.7. The van der Waals surface area contributed by atoms with Crippen molar-refractivity contribution in [3.63, 3.8) is 0 Å². The van der Waals surface area contributed by atoms with Gasteiger partial charge in [0.1, 0.15) is 12.6 Å². The van der Waals surface area contributed by atoms with Crippen LogP contribution in [0.15, 0.2) is 51.8 Å². The minimum Gasteiger partial charge on any atom is -0.490 e. The Bertz CT molecular complexity index is 1130. The Kier molecular flexibility index (Phi) is 7.92. The van der Waals surface area contributed by atoms with E-state index in [1.54, 1.807) is 48.5 Å². The van der Waals surface area contributed by atoms with Gasteiger partial charge in [0.05, 0.1) is 17.2 Å². The number of amides is 3. The molecule has 2 aromatic rings. The first-order valence-corrected chi connectivity index (χ1v) is 11.1. The van der Waals surface area contributed by atoms with Gasteiger partial charge in [-0.05, 0) is 70.5 Å². The number of hydrogen-bond acceptors (Lipinski definition) is 7. The summed E-state index contributed by atoms with van der Waals surface area (Å²) in [5.41, 5.74) is 1.16. The molecule has 0 unspecified atom stereocenters. The minimum atomic E-state index is -0.551. The number of ether oxygens (including phenoxy) is 2. The SMILES string of the molecule is CCOc1cc(/C=C2\SC(=O)N(CC(=O)Nc3ccccc3Br)C2=O)ccc1OCC#N. The summed E-state index contributed by atoms with van der Waals surface area (Å²) in [7, 11) is 0. The zero-order chi connectivity index (χ0) is 23.1. The van der Waals surface area contributed by atoms with Crippen molar-refractivity contribution in [2.75, 3.05) is 25.1 Å². The number of nitriles is 1. The Labute approximate surface area is 197 Å². The normalized spacial score (nSPS) is 14.4. The number of imide groups is 1.